The lowest BCUT2D eigenvalue weighted by Gasteiger charge is -2.14. The second-order valence-corrected chi connectivity index (χ2v) is 4.57. The smallest absolute Gasteiger partial charge is 0.161 e. The van der Waals surface area contributed by atoms with Gasteiger partial charge in [0.15, 0.2) is 11.5 Å². The quantitative estimate of drug-likeness (QED) is 0.706. The number of ether oxygens (including phenoxy) is 2. The lowest BCUT2D eigenvalue weighted by Crippen LogP contribution is -1.99. The molecule has 1 atom stereocenters. The molecule has 0 radical (unpaired) electrons. The van der Waals surface area contributed by atoms with Crippen molar-refractivity contribution >= 4 is 0 Å². The first-order chi connectivity index (χ1) is 9.22. The summed E-state index contributed by atoms with van der Waals surface area (Å²) >= 11 is 0. The van der Waals surface area contributed by atoms with Gasteiger partial charge in [0.05, 0.1) is 13.7 Å². The minimum Gasteiger partial charge on any atom is -0.493 e. The van der Waals surface area contributed by atoms with Gasteiger partial charge in [0.2, 0.25) is 0 Å². The Morgan fingerprint density at radius 3 is 2.58 bits per heavy atom. The van der Waals surface area contributed by atoms with Crippen LogP contribution in [0.5, 0.6) is 11.5 Å². The van der Waals surface area contributed by atoms with E-state index in [2.05, 4.69) is 44.7 Å². The van der Waals surface area contributed by atoms with E-state index in [9.17, 15) is 0 Å². The summed E-state index contributed by atoms with van der Waals surface area (Å²) in [5.74, 6) is 8.34. The standard InChI is InChI=1S/C17H24O2/c1-5-7-8-9-14(3)15-10-11-16(19-12-6-2)17(13-15)18-4/h10-11,13-14H,5-6,9,12H2,1-4H3. The summed E-state index contributed by atoms with van der Waals surface area (Å²) in [6.07, 6.45) is 2.79. The summed E-state index contributed by atoms with van der Waals surface area (Å²) < 4.78 is 11.1. The average Bonchev–Trinajstić information content (AvgIpc) is 2.45. The van der Waals surface area contributed by atoms with Crippen molar-refractivity contribution < 1.29 is 9.47 Å². The van der Waals surface area contributed by atoms with Gasteiger partial charge in [-0.2, -0.15) is 0 Å². The first kappa shape index (κ1) is 15.4. The zero-order chi connectivity index (χ0) is 14.1. The fraction of sp³-hybridized carbons (Fsp3) is 0.529. The Bertz CT molecular complexity index is 440. The van der Waals surface area contributed by atoms with E-state index >= 15 is 0 Å². The van der Waals surface area contributed by atoms with Crippen molar-refractivity contribution in [3.63, 3.8) is 0 Å². The van der Waals surface area contributed by atoms with Crippen molar-refractivity contribution in [2.24, 2.45) is 0 Å². The maximum Gasteiger partial charge on any atom is 0.161 e. The molecule has 0 saturated carbocycles. The molecule has 1 aromatic carbocycles. The predicted octanol–water partition coefficient (Wildman–Crippen LogP) is 4.39. The molecule has 0 aromatic heterocycles. The number of methoxy groups -OCH3 is 1. The van der Waals surface area contributed by atoms with E-state index in [1.54, 1.807) is 7.11 Å². The van der Waals surface area contributed by atoms with Gasteiger partial charge in [0.1, 0.15) is 0 Å². The van der Waals surface area contributed by atoms with E-state index in [0.29, 0.717) is 12.5 Å². The topological polar surface area (TPSA) is 18.5 Å². The Hall–Kier alpha value is -1.62. The molecule has 0 aliphatic carbocycles. The lowest BCUT2D eigenvalue weighted by atomic mass is 9.97. The first-order valence-corrected chi connectivity index (χ1v) is 6.99. The highest BCUT2D eigenvalue weighted by Crippen LogP contribution is 2.31. The molecule has 1 rings (SSSR count). The van der Waals surface area contributed by atoms with Gasteiger partial charge in [-0.3, -0.25) is 0 Å². The van der Waals surface area contributed by atoms with Crippen LogP contribution in [0.4, 0.5) is 0 Å². The molecule has 1 unspecified atom stereocenters. The fourth-order valence-corrected chi connectivity index (χ4v) is 1.79. The molecule has 0 aliphatic rings. The van der Waals surface area contributed by atoms with Crippen LogP contribution in [-0.4, -0.2) is 13.7 Å². The minimum atomic E-state index is 0.410. The number of hydrogen-bond donors (Lipinski definition) is 0. The van der Waals surface area contributed by atoms with Gasteiger partial charge in [-0.15, -0.1) is 11.8 Å². The van der Waals surface area contributed by atoms with Crippen molar-refractivity contribution in [3.8, 4) is 23.3 Å². The van der Waals surface area contributed by atoms with Crippen LogP contribution in [0, 0.1) is 11.8 Å². The molecule has 1 aromatic rings. The van der Waals surface area contributed by atoms with E-state index in [4.69, 9.17) is 9.47 Å². The van der Waals surface area contributed by atoms with Crippen molar-refractivity contribution in [1.82, 2.24) is 0 Å². The molecule has 0 spiro atoms. The number of hydrogen-bond acceptors (Lipinski definition) is 2. The Kier molecular flexibility index (Phi) is 6.89. The summed E-state index contributed by atoms with van der Waals surface area (Å²) in [6, 6.07) is 6.16. The van der Waals surface area contributed by atoms with Gasteiger partial charge < -0.3 is 9.47 Å². The molecular formula is C17H24O2. The average molecular weight is 260 g/mol. The highest BCUT2D eigenvalue weighted by molar-refractivity contribution is 5.44. The highest BCUT2D eigenvalue weighted by Gasteiger charge is 2.09. The molecule has 0 fully saturated rings. The van der Waals surface area contributed by atoms with E-state index in [0.717, 1.165) is 30.8 Å². The summed E-state index contributed by atoms with van der Waals surface area (Å²) in [4.78, 5) is 0. The van der Waals surface area contributed by atoms with E-state index in [-0.39, 0.29) is 0 Å². The number of benzene rings is 1. The SMILES string of the molecule is CCC#CCC(C)c1ccc(OCCC)c(OC)c1. The van der Waals surface area contributed by atoms with Gasteiger partial charge in [-0.1, -0.05) is 26.8 Å². The third kappa shape index (κ3) is 4.87. The lowest BCUT2D eigenvalue weighted by molar-refractivity contribution is 0.294. The predicted molar refractivity (Wildman–Crippen MR) is 79.9 cm³/mol. The van der Waals surface area contributed by atoms with Gasteiger partial charge in [0.25, 0.3) is 0 Å². The van der Waals surface area contributed by atoms with Gasteiger partial charge >= 0.3 is 0 Å². The molecule has 104 valence electrons. The fourth-order valence-electron chi connectivity index (χ4n) is 1.79. The van der Waals surface area contributed by atoms with Crippen molar-refractivity contribution in [2.75, 3.05) is 13.7 Å². The Morgan fingerprint density at radius 2 is 1.95 bits per heavy atom. The first-order valence-electron chi connectivity index (χ1n) is 6.99. The number of rotatable bonds is 6. The van der Waals surface area contributed by atoms with Crippen LogP contribution >= 0.6 is 0 Å². The zero-order valence-electron chi connectivity index (χ0n) is 12.5. The van der Waals surface area contributed by atoms with Gasteiger partial charge in [-0.25, -0.2) is 0 Å². The minimum absolute atomic E-state index is 0.410. The molecule has 0 bridgehead atoms. The molecule has 2 nitrogen and oxygen atoms in total. The molecule has 19 heavy (non-hydrogen) atoms. The largest absolute Gasteiger partial charge is 0.493 e. The molecule has 0 N–H and O–H groups in total. The molecular weight excluding hydrogens is 236 g/mol. The van der Waals surface area contributed by atoms with Crippen molar-refractivity contribution in [3.05, 3.63) is 23.8 Å². The van der Waals surface area contributed by atoms with Crippen LogP contribution in [0.15, 0.2) is 18.2 Å². The van der Waals surface area contributed by atoms with E-state index in [1.165, 1.54) is 5.56 Å². The Balaban J connectivity index is 2.80. The summed E-state index contributed by atoms with van der Waals surface area (Å²) in [7, 11) is 1.68. The van der Waals surface area contributed by atoms with Gasteiger partial charge in [0, 0.05) is 12.8 Å². The zero-order valence-corrected chi connectivity index (χ0v) is 12.5. The molecule has 0 aliphatic heterocycles. The maximum absolute atomic E-state index is 5.66. The Labute approximate surface area is 117 Å². The second kappa shape index (κ2) is 8.48. The van der Waals surface area contributed by atoms with E-state index in [1.807, 2.05) is 6.07 Å². The van der Waals surface area contributed by atoms with E-state index < -0.39 is 0 Å². The van der Waals surface area contributed by atoms with Crippen LogP contribution in [0.25, 0.3) is 0 Å². The maximum atomic E-state index is 5.66. The normalized spacial score (nSPS) is 11.4. The highest BCUT2D eigenvalue weighted by atomic mass is 16.5. The van der Waals surface area contributed by atoms with Crippen molar-refractivity contribution in [1.29, 1.82) is 0 Å². The van der Waals surface area contributed by atoms with Crippen LogP contribution in [-0.2, 0) is 0 Å². The van der Waals surface area contributed by atoms with Crippen LogP contribution in [0.2, 0.25) is 0 Å². The Morgan fingerprint density at radius 1 is 1.16 bits per heavy atom. The summed E-state index contributed by atoms with van der Waals surface area (Å²) in [5.41, 5.74) is 1.24. The molecule has 0 heterocycles. The molecule has 0 saturated heterocycles. The van der Waals surface area contributed by atoms with Crippen LogP contribution in [0.3, 0.4) is 0 Å². The second-order valence-electron chi connectivity index (χ2n) is 4.57. The van der Waals surface area contributed by atoms with Crippen LogP contribution in [0.1, 0.15) is 51.5 Å². The van der Waals surface area contributed by atoms with Crippen LogP contribution < -0.4 is 9.47 Å². The third-order valence-electron chi connectivity index (χ3n) is 2.93. The van der Waals surface area contributed by atoms with Gasteiger partial charge in [-0.05, 0) is 30.0 Å². The monoisotopic (exact) mass is 260 g/mol. The van der Waals surface area contributed by atoms with Crippen molar-refractivity contribution in [2.45, 2.75) is 46.0 Å². The summed E-state index contributed by atoms with van der Waals surface area (Å²) in [5, 5.41) is 0. The molecule has 2 heteroatoms. The summed E-state index contributed by atoms with van der Waals surface area (Å²) in [6.45, 7) is 7.06. The third-order valence-corrected chi connectivity index (χ3v) is 2.93. The molecule has 0 amide bonds.